The number of ether oxygens (including phenoxy) is 1. The van der Waals surface area contributed by atoms with Crippen LogP contribution in [-0.4, -0.2) is 29.1 Å². The number of anilines is 1. The van der Waals surface area contributed by atoms with Gasteiger partial charge in [-0.15, -0.1) is 11.3 Å². The van der Waals surface area contributed by atoms with Gasteiger partial charge in [0.25, 0.3) is 0 Å². The predicted molar refractivity (Wildman–Crippen MR) is 150 cm³/mol. The number of carboxylic acid groups (broad SMARTS) is 1. The van der Waals surface area contributed by atoms with Gasteiger partial charge in [0.15, 0.2) is 16.7 Å². The van der Waals surface area contributed by atoms with Crippen molar-refractivity contribution in [1.82, 2.24) is 4.98 Å². The molecule has 6 nitrogen and oxygen atoms in total. The molecule has 0 spiro atoms. The topological polar surface area (TPSA) is 86.5 Å². The van der Waals surface area contributed by atoms with E-state index >= 15 is 0 Å². The van der Waals surface area contributed by atoms with Crippen LogP contribution in [0.15, 0.2) is 53.9 Å². The van der Waals surface area contributed by atoms with E-state index in [-0.39, 0.29) is 23.8 Å². The molecule has 3 aromatic carbocycles. The molecule has 5 rings (SSSR count). The number of aromatic nitrogens is 1. The number of halogens is 2. The molecule has 9 heteroatoms. The minimum Gasteiger partial charge on any atom is -0.485 e. The first-order valence-corrected chi connectivity index (χ1v) is 13.8. The monoisotopic (exact) mass is 559 g/mol. The van der Waals surface area contributed by atoms with Crippen LogP contribution < -0.4 is 9.64 Å². The Labute approximate surface area is 235 Å². The third kappa shape index (κ3) is 5.68. The molecule has 0 saturated carbocycles. The molecule has 0 atom stereocenters. The standard InChI is InChI=1S/C31H27F2N3O3S/c1-18-12-22(25-6-3-20(15-34)11-19(25)2)4-5-23(18)16-39-29-26(13-24(32)14-27(29)33)28-17-40-31(35-28)36-9-7-21(8-10-36)30(37)38/h3-6,11-14,17,21H,7-10,16H2,1-2H3,(H,37,38). The van der Waals surface area contributed by atoms with Crippen LogP contribution in [0.2, 0.25) is 0 Å². The van der Waals surface area contributed by atoms with Gasteiger partial charge in [0.05, 0.1) is 23.2 Å². The molecule has 1 aliphatic rings. The summed E-state index contributed by atoms with van der Waals surface area (Å²) in [6.45, 7) is 5.10. The van der Waals surface area contributed by atoms with Crippen molar-refractivity contribution in [1.29, 1.82) is 5.26 Å². The summed E-state index contributed by atoms with van der Waals surface area (Å²) < 4.78 is 35.2. The molecule has 4 aromatic rings. The molecule has 40 heavy (non-hydrogen) atoms. The minimum absolute atomic E-state index is 0.0748. The molecule has 1 saturated heterocycles. The van der Waals surface area contributed by atoms with Crippen molar-refractivity contribution >= 4 is 22.4 Å². The first-order chi connectivity index (χ1) is 19.2. The van der Waals surface area contributed by atoms with E-state index in [1.165, 1.54) is 17.4 Å². The molecule has 1 fully saturated rings. The fourth-order valence-corrected chi connectivity index (χ4v) is 5.86. The second-order valence-corrected chi connectivity index (χ2v) is 10.8. The zero-order valence-electron chi connectivity index (χ0n) is 22.1. The highest BCUT2D eigenvalue weighted by Gasteiger charge is 2.26. The maximum absolute atomic E-state index is 15.0. The summed E-state index contributed by atoms with van der Waals surface area (Å²) in [5.41, 5.74) is 6.05. The lowest BCUT2D eigenvalue weighted by molar-refractivity contribution is -0.142. The Morgan fingerprint density at radius 3 is 2.55 bits per heavy atom. The number of aliphatic carboxylic acids is 1. The lowest BCUT2D eigenvalue weighted by atomic mass is 9.96. The van der Waals surface area contributed by atoms with E-state index in [1.807, 2.05) is 49.1 Å². The number of nitriles is 1. The molecule has 1 aromatic heterocycles. The van der Waals surface area contributed by atoms with Gasteiger partial charge < -0.3 is 14.7 Å². The van der Waals surface area contributed by atoms with E-state index in [1.54, 1.807) is 11.4 Å². The summed E-state index contributed by atoms with van der Waals surface area (Å²) in [4.78, 5) is 17.9. The Hall–Kier alpha value is -4.29. The summed E-state index contributed by atoms with van der Waals surface area (Å²) in [6.07, 6.45) is 1.05. The van der Waals surface area contributed by atoms with E-state index in [2.05, 4.69) is 11.1 Å². The summed E-state index contributed by atoms with van der Waals surface area (Å²) in [7, 11) is 0. The molecule has 0 unspecified atom stereocenters. The fourth-order valence-electron chi connectivity index (χ4n) is 4.98. The van der Waals surface area contributed by atoms with Crippen molar-refractivity contribution in [2.24, 2.45) is 5.92 Å². The largest absolute Gasteiger partial charge is 0.485 e. The summed E-state index contributed by atoms with van der Waals surface area (Å²) in [5, 5.41) is 20.8. The van der Waals surface area contributed by atoms with Crippen molar-refractivity contribution < 1.29 is 23.4 Å². The number of rotatable bonds is 7. The maximum atomic E-state index is 15.0. The number of benzene rings is 3. The van der Waals surface area contributed by atoms with Gasteiger partial charge >= 0.3 is 5.97 Å². The van der Waals surface area contributed by atoms with E-state index < -0.39 is 17.6 Å². The molecule has 0 bridgehead atoms. The molecular formula is C31H27F2N3O3S. The van der Waals surface area contributed by atoms with Crippen LogP contribution in [0.25, 0.3) is 22.4 Å². The second kappa shape index (κ2) is 11.4. The number of hydrogen-bond donors (Lipinski definition) is 1. The normalized spacial score (nSPS) is 13.7. The molecule has 2 heterocycles. The van der Waals surface area contributed by atoms with Crippen molar-refractivity contribution in [3.8, 4) is 34.2 Å². The van der Waals surface area contributed by atoms with Gasteiger partial charge in [-0.3, -0.25) is 4.79 Å². The third-order valence-corrected chi connectivity index (χ3v) is 8.17. The second-order valence-electron chi connectivity index (χ2n) is 9.95. The van der Waals surface area contributed by atoms with Crippen LogP contribution in [-0.2, 0) is 11.4 Å². The van der Waals surface area contributed by atoms with Crippen molar-refractivity contribution in [2.75, 3.05) is 18.0 Å². The Kier molecular flexibility index (Phi) is 7.81. The van der Waals surface area contributed by atoms with Gasteiger partial charge in [-0.25, -0.2) is 13.8 Å². The zero-order valence-corrected chi connectivity index (χ0v) is 22.9. The average Bonchev–Trinajstić information content (AvgIpc) is 3.43. The number of hydrogen-bond acceptors (Lipinski definition) is 6. The van der Waals surface area contributed by atoms with Crippen molar-refractivity contribution in [3.05, 3.63) is 87.8 Å². The molecule has 0 aliphatic carbocycles. The predicted octanol–water partition coefficient (Wildman–Crippen LogP) is 7.12. The fraction of sp³-hybridized carbons (Fsp3) is 0.258. The van der Waals surface area contributed by atoms with Gasteiger partial charge in [0.1, 0.15) is 12.4 Å². The first-order valence-electron chi connectivity index (χ1n) is 12.9. The SMILES string of the molecule is Cc1cc(-c2ccc(C#N)cc2C)ccc1COc1c(F)cc(F)cc1-c1csc(N2CCC(C(=O)O)CC2)n1. The first kappa shape index (κ1) is 27.3. The summed E-state index contributed by atoms with van der Waals surface area (Å²) >= 11 is 1.35. The van der Waals surface area contributed by atoms with E-state index in [4.69, 9.17) is 10.00 Å². The lowest BCUT2D eigenvalue weighted by Crippen LogP contribution is -2.36. The van der Waals surface area contributed by atoms with Crippen LogP contribution in [0.5, 0.6) is 5.75 Å². The number of piperidine rings is 1. The number of carboxylic acids is 1. The van der Waals surface area contributed by atoms with Crippen LogP contribution >= 0.6 is 11.3 Å². The molecular weight excluding hydrogens is 532 g/mol. The Bertz CT molecular complexity index is 1620. The van der Waals surface area contributed by atoms with Crippen LogP contribution in [0, 0.1) is 42.7 Å². The van der Waals surface area contributed by atoms with Crippen LogP contribution in [0.4, 0.5) is 13.9 Å². The Balaban J connectivity index is 1.35. The average molecular weight is 560 g/mol. The van der Waals surface area contributed by atoms with Crippen LogP contribution in [0.1, 0.15) is 35.1 Å². The van der Waals surface area contributed by atoms with Crippen molar-refractivity contribution in [2.45, 2.75) is 33.3 Å². The maximum Gasteiger partial charge on any atom is 0.306 e. The van der Waals surface area contributed by atoms with E-state index in [0.29, 0.717) is 42.3 Å². The number of aryl methyl sites for hydroxylation is 2. The highest BCUT2D eigenvalue weighted by molar-refractivity contribution is 7.14. The third-order valence-electron chi connectivity index (χ3n) is 7.27. The van der Waals surface area contributed by atoms with E-state index in [0.717, 1.165) is 33.9 Å². The molecule has 0 amide bonds. The van der Waals surface area contributed by atoms with Gasteiger partial charge in [-0.05, 0) is 72.7 Å². The van der Waals surface area contributed by atoms with Gasteiger partial charge in [-0.2, -0.15) is 5.26 Å². The minimum atomic E-state index is -0.811. The Morgan fingerprint density at radius 2 is 1.88 bits per heavy atom. The number of thiazole rings is 1. The lowest BCUT2D eigenvalue weighted by Gasteiger charge is -2.29. The highest BCUT2D eigenvalue weighted by Crippen LogP contribution is 2.37. The van der Waals surface area contributed by atoms with Gasteiger partial charge in [0, 0.05) is 30.1 Å². The molecule has 1 aliphatic heterocycles. The summed E-state index contributed by atoms with van der Waals surface area (Å²) in [6, 6.07) is 15.6. The smallest absolute Gasteiger partial charge is 0.306 e. The molecule has 1 N–H and O–H groups in total. The van der Waals surface area contributed by atoms with E-state index in [9.17, 15) is 18.7 Å². The zero-order chi connectivity index (χ0) is 28.4. The quantitative estimate of drug-likeness (QED) is 0.259. The molecule has 0 radical (unpaired) electrons. The van der Waals surface area contributed by atoms with Gasteiger partial charge in [-0.1, -0.05) is 24.3 Å². The number of nitrogens with zero attached hydrogens (tertiary/aromatic N) is 3. The Morgan fingerprint density at radius 1 is 1.10 bits per heavy atom. The van der Waals surface area contributed by atoms with Gasteiger partial charge in [0.2, 0.25) is 0 Å². The highest BCUT2D eigenvalue weighted by atomic mass is 32.1. The van der Waals surface area contributed by atoms with Crippen molar-refractivity contribution in [3.63, 3.8) is 0 Å². The molecule has 204 valence electrons. The number of carbonyl (C=O) groups is 1. The summed E-state index contributed by atoms with van der Waals surface area (Å²) in [5.74, 6) is -2.76. The van der Waals surface area contributed by atoms with Crippen LogP contribution in [0.3, 0.4) is 0 Å².